The summed E-state index contributed by atoms with van der Waals surface area (Å²) in [5.74, 6) is 2.18. The van der Waals surface area contributed by atoms with Crippen LogP contribution in [0.5, 0.6) is 11.5 Å². The van der Waals surface area contributed by atoms with Gasteiger partial charge in [-0.3, -0.25) is 20.0 Å². The Bertz CT molecular complexity index is 4760. The Morgan fingerprint density at radius 2 is 0.742 bits per heavy atom. The number of aryl methyl sites for hydroxylation is 2. The molecule has 8 heterocycles. The number of hydrogen-bond acceptors (Lipinski definition) is 6. The maximum absolute atomic E-state index is 5.53. The minimum atomic E-state index is 0.210. The molecule has 0 radical (unpaired) electrons. The molecule has 12 aromatic rings. The molecule has 0 saturated heterocycles. The number of nitrogens with one attached hydrogen (secondary N) is 4. The minimum Gasteiger partial charge on any atom is -0.497 e. The van der Waals surface area contributed by atoms with Gasteiger partial charge in [0.05, 0.1) is 59.8 Å². The molecule has 10 heteroatoms. The molecule has 0 bridgehead atoms. The molecule has 0 spiro atoms. The number of fused-ring (bicyclic) bond motifs is 12. The molecule has 0 saturated carbocycles. The number of aromatic nitrogens is 4. The normalized spacial score (nSPS) is 15.0. The number of ether oxygens (including phenoxy) is 2. The van der Waals surface area contributed by atoms with E-state index in [0.717, 1.165) is 118 Å². The first kappa shape index (κ1) is 55.8. The first-order chi connectivity index (χ1) is 43.8. The summed E-state index contributed by atoms with van der Waals surface area (Å²) >= 11 is 0. The molecule has 0 amide bonds. The third-order valence-electron chi connectivity index (χ3n) is 19.1. The van der Waals surface area contributed by atoms with Gasteiger partial charge in [-0.25, -0.2) is 0 Å². The van der Waals surface area contributed by atoms with Crippen molar-refractivity contribution in [3.8, 4) is 22.6 Å². The molecule has 4 aliphatic rings. The molecule has 0 aliphatic carbocycles. The van der Waals surface area contributed by atoms with E-state index in [1.54, 1.807) is 14.2 Å². The molecule has 0 fully saturated rings. The van der Waals surface area contributed by atoms with Crippen LogP contribution >= 0.6 is 0 Å². The average Bonchev–Trinajstić information content (AvgIpc) is 2.15. The molecular formula is C79H74N8O2. The fourth-order valence-corrected chi connectivity index (χ4v) is 14.6. The minimum absolute atomic E-state index is 0.210. The number of nitrogens with zero attached hydrogens (tertiary/aromatic N) is 4. The molecule has 4 N–H and O–H groups in total. The molecule has 4 aliphatic heterocycles. The number of methoxy groups -OCH3 is 2. The largest absolute Gasteiger partial charge is 0.497 e. The van der Waals surface area contributed by atoms with Gasteiger partial charge in [-0.1, -0.05) is 133 Å². The summed E-state index contributed by atoms with van der Waals surface area (Å²) < 4.78 is 11.1. The van der Waals surface area contributed by atoms with Crippen molar-refractivity contribution in [1.29, 1.82) is 0 Å². The zero-order valence-corrected chi connectivity index (χ0v) is 51.3. The van der Waals surface area contributed by atoms with Crippen molar-refractivity contribution >= 4 is 66.5 Å². The van der Waals surface area contributed by atoms with E-state index in [4.69, 9.17) is 29.4 Å². The lowest BCUT2D eigenvalue weighted by molar-refractivity contribution is 0.415. The Morgan fingerprint density at radius 1 is 0.360 bits per heavy atom. The monoisotopic (exact) mass is 1170 g/mol. The van der Waals surface area contributed by atoms with Crippen LogP contribution in [0.25, 0.3) is 54.7 Å². The zero-order chi connectivity index (χ0) is 60.0. The lowest BCUT2D eigenvalue weighted by atomic mass is 9.84. The standard InChI is InChI=1S/C40H38N4O.C39H36N4O/c1-25-8-14-31-33-16-18-41-37(39(33)43-35(31)20-25)22-29(28-11-9-27(10-12-28)21-26-6-4-3-5-7-26)23-38-40-34(17-19-42-38)32-15-13-30(45-2)24-36(32)44-40;1-24-11-13-30-32-15-17-40-36(38(32)42-34(30)19-24)21-28(27-10-6-9-26(20-27)25-7-4-3-5-8-25)22-37-39-33(16-18-41-37)31-14-12-29(44-2)23-35(31)43-39/h3-15,20,24,29,43-44H,16-19,21-23H2,1-2H3;3-14,19-20,23,28,42-43H,15-18,21-22H2,1-2H3. The fourth-order valence-electron chi connectivity index (χ4n) is 14.6. The van der Waals surface area contributed by atoms with E-state index in [9.17, 15) is 0 Å². The maximum atomic E-state index is 5.53. The van der Waals surface area contributed by atoms with Crippen LogP contribution in [0.2, 0.25) is 0 Å². The number of benzene rings is 8. The van der Waals surface area contributed by atoms with E-state index < -0.39 is 0 Å². The van der Waals surface area contributed by atoms with Crippen LogP contribution in [-0.2, 0) is 32.1 Å². The highest BCUT2D eigenvalue weighted by molar-refractivity contribution is 6.11. The van der Waals surface area contributed by atoms with Crippen molar-refractivity contribution in [2.45, 2.75) is 83.5 Å². The first-order valence-electron chi connectivity index (χ1n) is 31.8. The van der Waals surface area contributed by atoms with Gasteiger partial charge < -0.3 is 29.4 Å². The Hall–Kier alpha value is -9.80. The van der Waals surface area contributed by atoms with Gasteiger partial charge in [0.1, 0.15) is 11.5 Å². The summed E-state index contributed by atoms with van der Waals surface area (Å²) in [6.45, 7) is 7.60. The second-order valence-electron chi connectivity index (χ2n) is 24.8. The Labute approximate surface area is 520 Å². The van der Waals surface area contributed by atoms with Crippen LogP contribution in [0.1, 0.15) is 116 Å². The Balaban J connectivity index is 0.000000149. The van der Waals surface area contributed by atoms with Crippen LogP contribution in [0.15, 0.2) is 202 Å². The number of hydrogen-bond donors (Lipinski definition) is 4. The first-order valence-corrected chi connectivity index (χ1v) is 31.8. The van der Waals surface area contributed by atoms with Gasteiger partial charge >= 0.3 is 0 Å². The smallest absolute Gasteiger partial charge is 0.120 e. The van der Waals surface area contributed by atoms with Crippen LogP contribution in [0.3, 0.4) is 0 Å². The molecule has 2 unspecified atom stereocenters. The van der Waals surface area contributed by atoms with Crippen molar-refractivity contribution in [3.05, 3.63) is 260 Å². The highest BCUT2D eigenvalue weighted by Crippen LogP contribution is 2.39. The van der Waals surface area contributed by atoms with Gasteiger partial charge in [-0.05, 0) is 187 Å². The highest BCUT2D eigenvalue weighted by atomic mass is 16.5. The predicted octanol–water partition coefficient (Wildman–Crippen LogP) is 17.1. The number of H-pyrrole nitrogens is 4. The van der Waals surface area contributed by atoms with E-state index in [1.807, 2.05) is 0 Å². The van der Waals surface area contributed by atoms with Crippen molar-refractivity contribution in [1.82, 2.24) is 19.9 Å². The van der Waals surface area contributed by atoms with Crippen LogP contribution in [-0.4, -0.2) is 83.2 Å². The third kappa shape index (κ3) is 11.1. The van der Waals surface area contributed by atoms with Gasteiger partial charge in [0.2, 0.25) is 0 Å². The van der Waals surface area contributed by atoms with E-state index in [2.05, 4.69) is 216 Å². The third-order valence-corrected chi connectivity index (χ3v) is 19.1. The van der Waals surface area contributed by atoms with E-state index in [-0.39, 0.29) is 11.8 Å². The summed E-state index contributed by atoms with van der Waals surface area (Å²) in [4.78, 5) is 35.6. The van der Waals surface area contributed by atoms with Crippen molar-refractivity contribution in [2.75, 3.05) is 40.4 Å². The van der Waals surface area contributed by atoms with Gasteiger partial charge in [-0.2, -0.15) is 0 Å². The van der Waals surface area contributed by atoms with Gasteiger partial charge in [-0.15, -0.1) is 0 Å². The SMILES string of the molecule is COc1ccc2c3c([nH]c2c1)C(CC(CC1=NCCc2c1[nH]c1cc(C)ccc21)c1ccc(Cc2ccccc2)cc1)=NCC3.COc1ccc2c3c([nH]c2c1)C(CC(CC1=NCCc2c1[nH]c1cc(C)ccc21)c1cccc(-c2ccccc2)c1)=NCC3. The van der Waals surface area contributed by atoms with E-state index in [1.165, 1.54) is 134 Å². The Morgan fingerprint density at radius 3 is 1.18 bits per heavy atom. The molecule has 8 aromatic carbocycles. The van der Waals surface area contributed by atoms with Crippen LogP contribution < -0.4 is 9.47 Å². The average molecular weight is 1170 g/mol. The number of aliphatic imine (C=N–C) groups is 4. The Kier molecular flexibility index (Phi) is 15.1. The lowest BCUT2D eigenvalue weighted by Gasteiger charge is -2.24. The molecule has 4 aromatic heterocycles. The summed E-state index contributed by atoms with van der Waals surface area (Å²) in [7, 11) is 3.44. The topological polar surface area (TPSA) is 131 Å². The van der Waals surface area contributed by atoms with E-state index in [0.29, 0.717) is 0 Å². The zero-order valence-electron chi connectivity index (χ0n) is 51.3. The molecular weight excluding hydrogens is 1090 g/mol. The highest BCUT2D eigenvalue weighted by Gasteiger charge is 2.30. The molecule has 2 atom stereocenters. The van der Waals surface area contributed by atoms with Gasteiger partial charge in [0.25, 0.3) is 0 Å². The van der Waals surface area contributed by atoms with Crippen molar-refractivity contribution < 1.29 is 9.47 Å². The quantitative estimate of drug-likeness (QED) is 0.0815. The summed E-state index contributed by atoms with van der Waals surface area (Å²) in [5.41, 5.74) is 30.0. The molecule has 89 heavy (non-hydrogen) atoms. The van der Waals surface area contributed by atoms with Gasteiger partial charge in [0, 0.05) is 81.9 Å². The number of aromatic amines is 4. The maximum Gasteiger partial charge on any atom is 0.120 e. The van der Waals surface area contributed by atoms with Crippen LogP contribution in [0.4, 0.5) is 0 Å². The molecule has 16 rings (SSSR count). The second kappa shape index (κ2) is 24.1. The van der Waals surface area contributed by atoms with Crippen molar-refractivity contribution in [2.24, 2.45) is 20.0 Å². The number of rotatable bonds is 15. The fraction of sp³-hybridized carbons (Fsp3) is 0.241. The molecule has 442 valence electrons. The summed E-state index contributed by atoms with van der Waals surface area (Å²) in [5, 5.41) is 5.20. The summed E-state index contributed by atoms with van der Waals surface area (Å²) in [6, 6.07) is 65.9. The van der Waals surface area contributed by atoms with Crippen molar-refractivity contribution in [3.63, 3.8) is 0 Å². The lowest BCUT2D eigenvalue weighted by Crippen LogP contribution is -2.20. The van der Waals surface area contributed by atoms with E-state index >= 15 is 0 Å². The van der Waals surface area contributed by atoms with Gasteiger partial charge in [0.15, 0.2) is 0 Å². The van der Waals surface area contributed by atoms with Crippen LogP contribution in [0, 0.1) is 13.8 Å². The second-order valence-corrected chi connectivity index (χ2v) is 24.8. The predicted molar refractivity (Wildman–Crippen MR) is 368 cm³/mol. The molecule has 10 nitrogen and oxygen atoms in total. The summed E-state index contributed by atoms with van der Waals surface area (Å²) in [6.07, 6.45) is 8.19.